The summed E-state index contributed by atoms with van der Waals surface area (Å²) in [5, 5.41) is 0.983. The molecule has 1 aliphatic rings. The predicted molar refractivity (Wildman–Crippen MR) is 86.8 cm³/mol. The molecule has 1 aromatic heterocycles. The number of hydrogen-bond donors (Lipinski definition) is 1. The molecule has 0 unspecified atom stereocenters. The van der Waals surface area contributed by atoms with E-state index < -0.39 is 17.6 Å². The first-order chi connectivity index (χ1) is 11.0. The first kappa shape index (κ1) is 16.2. The average molecular weight is 336 g/mol. The number of halogens is 2. The lowest BCUT2D eigenvalue weighted by atomic mass is 9.96. The van der Waals surface area contributed by atoms with E-state index in [0.29, 0.717) is 16.1 Å². The van der Waals surface area contributed by atoms with Gasteiger partial charge in [-0.3, -0.25) is 4.79 Å². The molecule has 0 bridgehead atoms. The van der Waals surface area contributed by atoms with Gasteiger partial charge in [-0.05, 0) is 25.0 Å². The zero-order chi connectivity index (χ0) is 16.4. The number of thioether (sulfide) groups is 1. The fraction of sp³-hybridized carbons (Fsp3) is 0.412. The van der Waals surface area contributed by atoms with Gasteiger partial charge in [-0.25, -0.2) is 13.8 Å². The molecule has 1 saturated carbocycles. The fourth-order valence-corrected chi connectivity index (χ4v) is 4.17. The maximum absolute atomic E-state index is 14.0. The Hall–Kier alpha value is -1.69. The van der Waals surface area contributed by atoms with Crippen LogP contribution in [0.1, 0.15) is 49.8 Å². The molecule has 0 spiro atoms. The smallest absolute Gasteiger partial charge is 0.251 e. The average Bonchev–Trinajstić information content (AvgIpc) is 2.99. The molecule has 1 fully saturated rings. The van der Waals surface area contributed by atoms with Crippen LogP contribution in [0.2, 0.25) is 0 Å². The van der Waals surface area contributed by atoms with E-state index in [2.05, 4.69) is 9.97 Å². The molecule has 2 aromatic rings. The van der Waals surface area contributed by atoms with Crippen molar-refractivity contribution in [3.63, 3.8) is 0 Å². The van der Waals surface area contributed by atoms with Crippen molar-refractivity contribution >= 4 is 11.8 Å². The minimum absolute atomic E-state index is 0.0533. The predicted octanol–water partition coefficient (Wildman–Crippen LogP) is 4.23. The summed E-state index contributed by atoms with van der Waals surface area (Å²) in [7, 11) is 0. The molecular weight excluding hydrogens is 318 g/mol. The van der Waals surface area contributed by atoms with Crippen molar-refractivity contribution in [2.75, 3.05) is 0 Å². The highest BCUT2D eigenvalue weighted by Crippen LogP contribution is 2.33. The summed E-state index contributed by atoms with van der Waals surface area (Å²) in [5.41, 5.74) is 0.0414. The third kappa shape index (κ3) is 3.63. The van der Waals surface area contributed by atoms with Gasteiger partial charge in [0, 0.05) is 22.8 Å². The number of nitrogens with one attached hydrogen (secondary N) is 1. The highest BCUT2D eigenvalue weighted by Gasteiger charge is 2.22. The Balaban J connectivity index is 1.92. The second-order valence-corrected chi connectivity index (χ2v) is 7.15. The number of aromatic amines is 1. The van der Waals surface area contributed by atoms with Crippen LogP contribution in [0.3, 0.4) is 0 Å². The normalized spacial score (nSPS) is 16.7. The molecule has 6 heteroatoms. The maximum atomic E-state index is 14.0. The number of aromatic nitrogens is 2. The van der Waals surface area contributed by atoms with Crippen LogP contribution in [0.15, 0.2) is 34.2 Å². The van der Waals surface area contributed by atoms with E-state index in [9.17, 15) is 13.6 Å². The van der Waals surface area contributed by atoms with E-state index in [0.717, 1.165) is 12.8 Å². The van der Waals surface area contributed by atoms with Crippen molar-refractivity contribution in [2.45, 2.75) is 48.9 Å². The summed E-state index contributed by atoms with van der Waals surface area (Å²) < 4.78 is 27.9. The topological polar surface area (TPSA) is 45.8 Å². The SMILES string of the molecule is C[C@H](c1cc(=O)[nH]c(SC2CCCC2)n1)c1c(F)cccc1F. The van der Waals surface area contributed by atoms with E-state index in [1.807, 2.05) is 0 Å². The molecule has 0 radical (unpaired) electrons. The molecule has 1 heterocycles. The molecule has 1 N–H and O–H groups in total. The third-order valence-corrected chi connectivity index (χ3v) is 5.42. The Kier molecular flexibility index (Phi) is 4.80. The van der Waals surface area contributed by atoms with Gasteiger partial charge in [-0.15, -0.1) is 0 Å². The Morgan fingerprint density at radius 3 is 2.57 bits per heavy atom. The Morgan fingerprint density at radius 1 is 1.26 bits per heavy atom. The third-order valence-electron chi connectivity index (χ3n) is 4.20. The van der Waals surface area contributed by atoms with E-state index in [1.54, 1.807) is 18.7 Å². The van der Waals surface area contributed by atoms with Crippen molar-refractivity contribution in [1.82, 2.24) is 9.97 Å². The second-order valence-electron chi connectivity index (χ2n) is 5.86. The van der Waals surface area contributed by atoms with Gasteiger partial charge < -0.3 is 4.98 Å². The van der Waals surface area contributed by atoms with Gasteiger partial charge in [-0.2, -0.15) is 0 Å². The zero-order valence-corrected chi connectivity index (χ0v) is 13.6. The minimum atomic E-state index is -0.624. The van der Waals surface area contributed by atoms with Crippen LogP contribution in [0.25, 0.3) is 0 Å². The van der Waals surface area contributed by atoms with Crippen LogP contribution in [-0.4, -0.2) is 15.2 Å². The first-order valence-electron chi connectivity index (χ1n) is 7.76. The lowest BCUT2D eigenvalue weighted by Crippen LogP contribution is -2.14. The summed E-state index contributed by atoms with van der Waals surface area (Å²) in [4.78, 5) is 19.0. The van der Waals surface area contributed by atoms with E-state index >= 15 is 0 Å². The standard InChI is InChI=1S/C17H18F2N2OS/c1-10(16-12(18)7-4-8-13(16)19)14-9-15(22)21-17(20-14)23-11-5-2-3-6-11/h4,7-11H,2-3,5-6H2,1H3,(H,20,21,22)/t10-/m1/s1. The van der Waals surface area contributed by atoms with Crippen LogP contribution >= 0.6 is 11.8 Å². The number of nitrogens with zero attached hydrogens (tertiary/aromatic N) is 1. The molecule has 0 amide bonds. The lowest BCUT2D eigenvalue weighted by molar-refractivity contribution is 0.543. The van der Waals surface area contributed by atoms with Crippen LogP contribution in [0.4, 0.5) is 8.78 Å². The van der Waals surface area contributed by atoms with Crippen molar-refractivity contribution < 1.29 is 8.78 Å². The molecule has 122 valence electrons. The number of H-pyrrole nitrogens is 1. The minimum Gasteiger partial charge on any atom is -0.301 e. The summed E-state index contributed by atoms with van der Waals surface area (Å²) in [6.07, 6.45) is 4.60. The molecule has 1 atom stereocenters. The summed E-state index contributed by atoms with van der Waals surface area (Å²) >= 11 is 1.55. The van der Waals surface area contributed by atoms with Gasteiger partial charge in [0.25, 0.3) is 5.56 Å². The van der Waals surface area contributed by atoms with E-state index in [-0.39, 0.29) is 11.1 Å². The molecule has 3 nitrogen and oxygen atoms in total. The van der Waals surface area contributed by atoms with Gasteiger partial charge >= 0.3 is 0 Å². The highest BCUT2D eigenvalue weighted by atomic mass is 32.2. The number of rotatable bonds is 4. The van der Waals surface area contributed by atoms with Crippen LogP contribution < -0.4 is 5.56 Å². The van der Waals surface area contributed by atoms with Crippen LogP contribution in [-0.2, 0) is 0 Å². The Bertz CT molecular complexity index is 736. The van der Waals surface area contributed by atoms with Gasteiger partial charge in [-0.1, -0.05) is 37.6 Å². The number of hydrogen-bond acceptors (Lipinski definition) is 3. The molecule has 0 saturated heterocycles. The second kappa shape index (κ2) is 6.83. The number of benzene rings is 1. The van der Waals surface area contributed by atoms with E-state index in [4.69, 9.17) is 0 Å². The largest absolute Gasteiger partial charge is 0.301 e. The summed E-state index contributed by atoms with van der Waals surface area (Å²) in [6, 6.07) is 5.08. The van der Waals surface area contributed by atoms with Gasteiger partial charge in [0.1, 0.15) is 11.6 Å². The fourth-order valence-electron chi connectivity index (χ4n) is 2.97. The Morgan fingerprint density at radius 2 is 1.91 bits per heavy atom. The van der Waals surface area contributed by atoms with E-state index in [1.165, 1.54) is 37.1 Å². The molecule has 3 rings (SSSR count). The van der Waals surface area contributed by atoms with Gasteiger partial charge in [0.2, 0.25) is 0 Å². The lowest BCUT2D eigenvalue weighted by Gasteiger charge is -2.15. The van der Waals surface area contributed by atoms with Crippen molar-refractivity contribution in [1.29, 1.82) is 0 Å². The van der Waals surface area contributed by atoms with Crippen molar-refractivity contribution in [2.24, 2.45) is 0 Å². The first-order valence-corrected chi connectivity index (χ1v) is 8.64. The van der Waals surface area contributed by atoms with Crippen molar-refractivity contribution in [3.05, 3.63) is 57.5 Å². The molecule has 1 aliphatic carbocycles. The highest BCUT2D eigenvalue weighted by molar-refractivity contribution is 7.99. The molecular formula is C17H18F2N2OS. The maximum Gasteiger partial charge on any atom is 0.251 e. The molecule has 1 aromatic carbocycles. The monoisotopic (exact) mass is 336 g/mol. The Labute approximate surface area is 137 Å². The van der Waals surface area contributed by atoms with Gasteiger partial charge in [0.05, 0.1) is 5.69 Å². The summed E-state index contributed by atoms with van der Waals surface area (Å²) in [6.45, 7) is 1.66. The quantitative estimate of drug-likeness (QED) is 0.850. The summed E-state index contributed by atoms with van der Waals surface area (Å²) in [5.74, 6) is -1.87. The van der Waals surface area contributed by atoms with Gasteiger partial charge in [0.15, 0.2) is 5.16 Å². The zero-order valence-electron chi connectivity index (χ0n) is 12.8. The van der Waals surface area contributed by atoms with Crippen LogP contribution in [0, 0.1) is 11.6 Å². The van der Waals surface area contributed by atoms with Crippen molar-refractivity contribution in [3.8, 4) is 0 Å². The van der Waals surface area contributed by atoms with Crippen LogP contribution in [0.5, 0.6) is 0 Å². The molecule has 23 heavy (non-hydrogen) atoms. The molecule has 0 aliphatic heterocycles.